The topological polar surface area (TPSA) is 85.4 Å². The monoisotopic (exact) mass is 478 g/mol. The van der Waals surface area contributed by atoms with Gasteiger partial charge in [-0.3, -0.25) is 4.79 Å². The van der Waals surface area contributed by atoms with Gasteiger partial charge in [-0.25, -0.2) is 23.1 Å². The summed E-state index contributed by atoms with van der Waals surface area (Å²) in [6.45, 7) is 6.07. The molecule has 1 aromatic heterocycles. The molecule has 0 spiro atoms. The third-order valence-corrected chi connectivity index (χ3v) is 6.33. The summed E-state index contributed by atoms with van der Waals surface area (Å²) in [5.41, 5.74) is 0.105. The molecule has 1 saturated carbocycles. The van der Waals surface area contributed by atoms with Crippen LogP contribution in [-0.2, 0) is 20.7 Å². The molecule has 1 aliphatic carbocycles. The zero-order chi connectivity index (χ0) is 24.5. The first-order valence-corrected chi connectivity index (χ1v) is 11.4. The molecule has 1 atom stereocenters. The van der Waals surface area contributed by atoms with Crippen molar-refractivity contribution in [1.29, 1.82) is 0 Å². The number of ether oxygens (including phenoxy) is 2. The number of amides is 1. The molecule has 1 aromatic carbocycles. The first-order chi connectivity index (χ1) is 16.2. The number of halogens is 3. The van der Waals surface area contributed by atoms with Crippen LogP contribution in [0.1, 0.15) is 80.1 Å². The Balaban J connectivity index is 1.65. The summed E-state index contributed by atoms with van der Waals surface area (Å²) in [5.74, 6) is -0.428. The van der Waals surface area contributed by atoms with Crippen molar-refractivity contribution in [2.75, 3.05) is 18.5 Å². The maximum absolute atomic E-state index is 14.8. The van der Waals surface area contributed by atoms with E-state index in [0.29, 0.717) is 36.1 Å². The molecule has 2 aromatic rings. The van der Waals surface area contributed by atoms with Crippen molar-refractivity contribution in [1.82, 2.24) is 15.3 Å². The van der Waals surface area contributed by atoms with Gasteiger partial charge in [0.15, 0.2) is 6.29 Å². The number of alkyl halides is 2. The quantitative estimate of drug-likeness (QED) is 0.573. The van der Waals surface area contributed by atoms with Crippen LogP contribution in [0, 0.1) is 12.7 Å². The van der Waals surface area contributed by atoms with Crippen molar-refractivity contribution < 1.29 is 27.4 Å². The van der Waals surface area contributed by atoms with E-state index >= 15 is 0 Å². The fourth-order valence-electron chi connectivity index (χ4n) is 4.38. The molecule has 10 heteroatoms. The molecule has 1 aliphatic heterocycles. The van der Waals surface area contributed by atoms with Gasteiger partial charge in [0, 0.05) is 11.1 Å². The Morgan fingerprint density at radius 3 is 2.50 bits per heavy atom. The highest BCUT2D eigenvalue weighted by atomic mass is 19.3. The van der Waals surface area contributed by atoms with Crippen molar-refractivity contribution in [3.63, 3.8) is 0 Å². The Labute approximate surface area is 196 Å². The smallest absolute Gasteiger partial charge is 0.266 e. The molecule has 1 saturated heterocycles. The van der Waals surface area contributed by atoms with E-state index in [1.165, 1.54) is 12.1 Å². The third kappa shape index (κ3) is 5.17. The fourth-order valence-corrected chi connectivity index (χ4v) is 4.38. The highest BCUT2D eigenvalue weighted by molar-refractivity contribution is 5.80. The SMILES string of the molecule is Cc1nc(CC(=O)NC2(C)CCC2)c(C2OCCO2)c(N[C@H](C)c2cccc(C(F)F)c2F)n1. The zero-order valence-electron chi connectivity index (χ0n) is 19.5. The summed E-state index contributed by atoms with van der Waals surface area (Å²) in [7, 11) is 0. The molecule has 2 aliphatic rings. The molecule has 34 heavy (non-hydrogen) atoms. The van der Waals surface area contributed by atoms with Crippen LogP contribution in [0.3, 0.4) is 0 Å². The lowest BCUT2D eigenvalue weighted by molar-refractivity contribution is -0.123. The Morgan fingerprint density at radius 2 is 1.88 bits per heavy atom. The van der Waals surface area contributed by atoms with Gasteiger partial charge in [0.25, 0.3) is 6.43 Å². The van der Waals surface area contributed by atoms with E-state index in [0.717, 1.165) is 25.3 Å². The second-order valence-corrected chi connectivity index (χ2v) is 9.11. The Kier molecular flexibility index (Phi) is 7.09. The van der Waals surface area contributed by atoms with Gasteiger partial charge in [-0.2, -0.15) is 0 Å². The van der Waals surface area contributed by atoms with Gasteiger partial charge in [0.2, 0.25) is 5.91 Å². The molecule has 0 unspecified atom stereocenters. The molecule has 2 heterocycles. The van der Waals surface area contributed by atoms with E-state index in [2.05, 4.69) is 20.6 Å². The van der Waals surface area contributed by atoms with Crippen LogP contribution in [-0.4, -0.2) is 34.6 Å². The highest BCUT2D eigenvalue weighted by Gasteiger charge is 2.34. The largest absolute Gasteiger partial charge is 0.363 e. The number of anilines is 1. The molecular weight excluding hydrogens is 449 g/mol. The maximum atomic E-state index is 14.8. The van der Waals surface area contributed by atoms with Crippen molar-refractivity contribution >= 4 is 11.7 Å². The van der Waals surface area contributed by atoms with Crippen LogP contribution >= 0.6 is 0 Å². The number of nitrogens with one attached hydrogen (secondary N) is 2. The number of carbonyl (C=O) groups is 1. The molecule has 184 valence electrons. The molecule has 0 bridgehead atoms. The predicted octanol–water partition coefficient (Wildman–Crippen LogP) is 4.68. The van der Waals surface area contributed by atoms with Gasteiger partial charge in [-0.15, -0.1) is 0 Å². The second-order valence-electron chi connectivity index (χ2n) is 9.11. The molecular formula is C24H29F3N4O3. The predicted molar refractivity (Wildman–Crippen MR) is 119 cm³/mol. The molecule has 4 rings (SSSR count). The van der Waals surface area contributed by atoms with Crippen LogP contribution in [0.25, 0.3) is 0 Å². The van der Waals surface area contributed by atoms with Gasteiger partial charge < -0.3 is 20.1 Å². The minimum atomic E-state index is -2.92. The molecule has 2 fully saturated rings. The number of rotatable bonds is 8. The Hall–Kier alpha value is -2.72. The van der Waals surface area contributed by atoms with E-state index in [1.54, 1.807) is 13.8 Å². The molecule has 1 amide bonds. The van der Waals surface area contributed by atoms with E-state index in [-0.39, 0.29) is 23.4 Å². The van der Waals surface area contributed by atoms with Crippen LogP contribution in [0.2, 0.25) is 0 Å². The van der Waals surface area contributed by atoms with Gasteiger partial charge in [-0.05, 0) is 40.0 Å². The summed E-state index contributed by atoms with van der Waals surface area (Å²) >= 11 is 0. The van der Waals surface area contributed by atoms with Crippen molar-refractivity contribution in [2.45, 2.75) is 70.8 Å². The normalized spacial score (nSPS) is 18.6. The summed E-state index contributed by atoms with van der Waals surface area (Å²) < 4.78 is 52.5. The number of hydrogen-bond donors (Lipinski definition) is 2. The van der Waals surface area contributed by atoms with Crippen molar-refractivity contribution in [3.05, 3.63) is 52.2 Å². The average molecular weight is 479 g/mol. The first-order valence-electron chi connectivity index (χ1n) is 11.4. The third-order valence-electron chi connectivity index (χ3n) is 6.33. The van der Waals surface area contributed by atoms with E-state index in [1.807, 2.05) is 6.92 Å². The average Bonchev–Trinajstić information content (AvgIpc) is 3.26. The summed E-state index contributed by atoms with van der Waals surface area (Å²) in [5, 5.41) is 6.17. The molecule has 2 N–H and O–H groups in total. The van der Waals surface area contributed by atoms with Gasteiger partial charge in [0.1, 0.15) is 17.5 Å². The minimum Gasteiger partial charge on any atom is -0.363 e. The second kappa shape index (κ2) is 9.87. The van der Waals surface area contributed by atoms with Crippen LogP contribution in [0.15, 0.2) is 18.2 Å². The molecule has 0 radical (unpaired) electrons. The van der Waals surface area contributed by atoms with E-state index in [9.17, 15) is 18.0 Å². The molecule has 7 nitrogen and oxygen atoms in total. The standard InChI is InChI=1S/C24H29F3N4O3/c1-13(15-6-4-7-16(20(15)25)21(26)27)28-22-19(23-33-10-11-34-23)17(29-14(2)30-22)12-18(32)31-24(3)8-5-9-24/h4,6-7,13,21,23H,5,8-12H2,1-3H3,(H,31,32)(H,28,29,30)/t13-/m1/s1. The number of hydrogen-bond acceptors (Lipinski definition) is 6. The maximum Gasteiger partial charge on any atom is 0.266 e. The number of carbonyl (C=O) groups excluding carboxylic acids is 1. The Morgan fingerprint density at radius 1 is 1.21 bits per heavy atom. The summed E-state index contributed by atoms with van der Waals surface area (Å²) in [6.07, 6.45) is -0.793. The fraction of sp³-hybridized carbons (Fsp3) is 0.542. The number of aromatic nitrogens is 2. The van der Waals surface area contributed by atoms with Crippen molar-refractivity contribution in [3.8, 4) is 0 Å². The van der Waals surface area contributed by atoms with Gasteiger partial charge in [0.05, 0.1) is 42.5 Å². The lowest BCUT2D eigenvalue weighted by Gasteiger charge is -2.39. The van der Waals surface area contributed by atoms with Crippen LogP contribution in [0.4, 0.5) is 19.0 Å². The van der Waals surface area contributed by atoms with E-state index < -0.39 is 30.1 Å². The van der Waals surface area contributed by atoms with Crippen molar-refractivity contribution in [2.24, 2.45) is 0 Å². The summed E-state index contributed by atoms with van der Waals surface area (Å²) in [6, 6.07) is 3.20. The van der Waals surface area contributed by atoms with Gasteiger partial charge in [-0.1, -0.05) is 18.2 Å². The van der Waals surface area contributed by atoms with Gasteiger partial charge >= 0.3 is 0 Å². The Bertz CT molecular complexity index is 1060. The highest BCUT2D eigenvalue weighted by Crippen LogP contribution is 2.35. The van der Waals surface area contributed by atoms with E-state index in [4.69, 9.17) is 9.47 Å². The zero-order valence-corrected chi connectivity index (χ0v) is 19.5. The number of aryl methyl sites for hydroxylation is 1. The first kappa shape index (κ1) is 24.4. The van der Waals surface area contributed by atoms with Crippen LogP contribution < -0.4 is 10.6 Å². The number of nitrogens with zero attached hydrogens (tertiary/aromatic N) is 2. The minimum absolute atomic E-state index is 0.00417. The summed E-state index contributed by atoms with van der Waals surface area (Å²) in [4.78, 5) is 21.7. The lowest BCUT2D eigenvalue weighted by Crippen LogP contribution is -2.51. The lowest BCUT2D eigenvalue weighted by atomic mass is 9.78. The number of benzene rings is 1. The van der Waals surface area contributed by atoms with Crippen LogP contribution in [0.5, 0.6) is 0 Å².